The minimum Gasteiger partial charge on any atom is -0.342 e. The Bertz CT molecular complexity index is 725. The van der Waals surface area contributed by atoms with Crippen molar-refractivity contribution in [3.8, 4) is 0 Å². The van der Waals surface area contributed by atoms with E-state index < -0.39 is 26.5 Å². The van der Waals surface area contributed by atoms with E-state index in [-0.39, 0.29) is 41.4 Å². The highest BCUT2D eigenvalue weighted by Crippen LogP contribution is 2.32. The van der Waals surface area contributed by atoms with Crippen LogP contribution in [-0.2, 0) is 14.6 Å². The molecule has 1 aromatic rings. The van der Waals surface area contributed by atoms with Gasteiger partial charge in [-0.2, -0.15) is 13.2 Å². The number of nitrogens with zero attached hydrogens (tertiary/aromatic N) is 1. The summed E-state index contributed by atoms with van der Waals surface area (Å²) in [6.07, 6.45) is 0.585. The lowest BCUT2D eigenvalue weighted by Crippen LogP contribution is -2.45. The molecule has 1 aliphatic heterocycles. The smallest absolute Gasteiger partial charge is 0.342 e. The molecule has 0 saturated carbocycles. The number of likely N-dealkylation sites (tertiary alicyclic amines) is 1. The third-order valence-corrected chi connectivity index (χ3v) is 7.73. The summed E-state index contributed by atoms with van der Waals surface area (Å²) >= 11 is -0.206. The van der Waals surface area contributed by atoms with E-state index in [1.165, 1.54) is 11.8 Å². The summed E-state index contributed by atoms with van der Waals surface area (Å²) in [5.74, 6) is -1.44. The first-order valence-corrected chi connectivity index (χ1v) is 10.8. The fourth-order valence-electron chi connectivity index (χ4n) is 2.91. The SMILES string of the molecule is Cc1ccc(S(=O)(=O)C2CCN(C(=O)C(C)CSC(F)(F)F)CC2)cc1. The van der Waals surface area contributed by atoms with Gasteiger partial charge in [-0.05, 0) is 31.9 Å². The predicted molar refractivity (Wildman–Crippen MR) is 95.6 cm³/mol. The van der Waals surface area contributed by atoms with Crippen molar-refractivity contribution in [1.82, 2.24) is 4.90 Å². The molecule has 0 bridgehead atoms. The molecule has 1 saturated heterocycles. The fraction of sp³-hybridized carbons (Fsp3) is 0.588. The lowest BCUT2D eigenvalue weighted by molar-refractivity contribution is -0.135. The Hall–Kier alpha value is -1.22. The highest BCUT2D eigenvalue weighted by Gasteiger charge is 2.35. The van der Waals surface area contributed by atoms with E-state index in [1.807, 2.05) is 6.92 Å². The molecule has 1 aromatic carbocycles. The number of hydrogen-bond acceptors (Lipinski definition) is 4. The zero-order chi connectivity index (χ0) is 19.5. The molecular formula is C17H22F3NO3S2. The zero-order valence-corrected chi connectivity index (χ0v) is 16.3. The largest absolute Gasteiger partial charge is 0.441 e. The normalized spacial score (nSPS) is 18.0. The molecule has 146 valence electrons. The van der Waals surface area contributed by atoms with Gasteiger partial charge in [-0.1, -0.05) is 36.4 Å². The topological polar surface area (TPSA) is 54.5 Å². The number of alkyl halides is 3. The fourth-order valence-corrected chi connectivity index (χ4v) is 5.22. The van der Waals surface area contributed by atoms with Crippen molar-refractivity contribution in [2.45, 2.75) is 42.3 Å². The van der Waals surface area contributed by atoms with Gasteiger partial charge in [-0.15, -0.1) is 0 Å². The molecule has 26 heavy (non-hydrogen) atoms. The van der Waals surface area contributed by atoms with Crippen molar-refractivity contribution in [2.24, 2.45) is 5.92 Å². The lowest BCUT2D eigenvalue weighted by atomic mass is 10.1. The number of carbonyl (C=O) groups excluding carboxylic acids is 1. The van der Waals surface area contributed by atoms with Crippen molar-refractivity contribution >= 4 is 27.5 Å². The second-order valence-electron chi connectivity index (χ2n) is 6.54. The van der Waals surface area contributed by atoms with E-state index in [1.54, 1.807) is 24.3 Å². The van der Waals surface area contributed by atoms with Crippen LogP contribution in [0.2, 0.25) is 0 Å². The highest BCUT2D eigenvalue weighted by atomic mass is 32.2. The number of carbonyl (C=O) groups is 1. The van der Waals surface area contributed by atoms with E-state index >= 15 is 0 Å². The Kier molecular flexibility index (Phi) is 6.65. The van der Waals surface area contributed by atoms with Gasteiger partial charge < -0.3 is 4.90 Å². The van der Waals surface area contributed by atoms with Crippen LogP contribution < -0.4 is 0 Å². The third kappa shape index (κ3) is 5.39. The first-order chi connectivity index (χ1) is 12.0. The van der Waals surface area contributed by atoms with Gasteiger partial charge in [-0.25, -0.2) is 8.42 Å². The molecule has 0 radical (unpaired) electrons. The maximum absolute atomic E-state index is 12.7. The molecule has 0 spiro atoms. The molecule has 0 aliphatic carbocycles. The maximum atomic E-state index is 12.7. The van der Waals surface area contributed by atoms with Gasteiger partial charge >= 0.3 is 5.51 Å². The van der Waals surface area contributed by atoms with Gasteiger partial charge in [0.2, 0.25) is 5.91 Å². The monoisotopic (exact) mass is 409 g/mol. The zero-order valence-electron chi connectivity index (χ0n) is 14.6. The Labute approximate surface area is 156 Å². The third-order valence-electron chi connectivity index (χ3n) is 4.46. The number of halogens is 3. The number of piperidine rings is 1. The van der Waals surface area contributed by atoms with Crippen LogP contribution in [0.25, 0.3) is 0 Å². The molecular weight excluding hydrogens is 387 g/mol. The molecule has 1 atom stereocenters. The van der Waals surface area contributed by atoms with Crippen LogP contribution in [-0.4, -0.2) is 48.8 Å². The van der Waals surface area contributed by atoms with Crippen LogP contribution in [0, 0.1) is 12.8 Å². The second kappa shape index (κ2) is 8.21. The van der Waals surface area contributed by atoms with Crippen molar-refractivity contribution in [1.29, 1.82) is 0 Å². The average molecular weight is 409 g/mol. The summed E-state index contributed by atoms with van der Waals surface area (Å²) in [5, 5.41) is -0.575. The average Bonchev–Trinajstić information content (AvgIpc) is 2.59. The molecule has 1 fully saturated rings. The van der Waals surface area contributed by atoms with Crippen molar-refractivity contribution in [3.05, 3.63) is 29.8 Å². The molecule has 2 rings (SSSR count). The van der Waals surface area contributed by atoms with Gasteiger partial charge in [0.25, 0.3) is 0 Å². The van der Waals surface area contributed by atoms with E-state index in [4.69, 9.17) is 0 Å². The summed E-state index contributed by atoms with van der Waals surface area (Å²) in [7, 11) is -3.47. The van der Waals surface area contributed by atoms with Gasteiger partial charge in [0.1, 0.15) is 0 Å². The van der Waals surface area contributed by atoms with Crippen LogP contribution in [0.3, 0.4) is 0 Å². The summed E-state index contributed by atoms with van der Waals surface area (Å²) in [4.78, 5) is 14.0. The first-order valence-electron chi connectivity index (χ1n) is 8.31. The van der Waals surface area contributed by atoms with Crippen LogP contribution in [0.4, 0.5) is 13.2 Å². The highest BCUT2D eigenvalue weighted by molar-refractivity contribution is 8.00. The Morgan fingerprint density at radius 2 is 1.77 bits per heavy atom. The molecule has 9 heteroatoms. The van der Waals surface area contributed by atoms with E-state index in [2.05, 4.69) is 0 Å². The van der Waals surface area contributed by atoms with Crippen LogP contribution >= 0.6 is 11.8 Å². The van der Waals surface area contributed by atoms with Gasteiger partial charge in [0.05, 0.1) is 10.1 Å². The molecule has 1 unspecified atom stereocenters. The number of amides is 1. The van der Waals surface area contributed by atoms with Crippen molar-refractivity contribution < 1.29 is 26.4 Å². The Morgan fingerprint density at radius 1 is 1.23 bits per heavy atom. The Balaban J connectivity index is 1.94. The summed E-state index contributed by atoms with van der Waals surface area (Å²) < 4.78 is 62.2. The van der Waals surface area contributed by atoms with E-state index in [9.17, 15) is 26.4 Å². The predicted octanol–water partition coefficient (Wildman–Crippen LogP) is 3.65. The quantitative estimate of drug-likeness (QED) is 0.745. The number of rotatable bonds is 5. The maximum Gasteiger partial charge on any atom is 0.441 e. The van der Waals surface area contributed by atoms with Crippen LogP contribution in [0.15, 0.2) is 29.2 Å². The Morgan fingerprint density at radius 3 is 2.27 bits per heavy atom. The van der Waals surface area contributed by atoms with Crippen LogP contribution in [0.1, 0.15) is 25.3 Å². The number of thioether (sulfide) groups is 1. The van der Waals surface area contributed by atoms with E-state index in [0.717, 1.165) is 5.56 Å². The summed E-state index contributed by atoms with van der Waals surface area (Å²) in [5.41, 5.74) is -3.39. The molecule has 4 nitrogen and oxygen atoms in total. The van der Waals surface area contributed by atoms with Gasteiger partial charge in [-0.3, -0.25) is 4.79 Å². The first kappa shape index (κ1) is 21.1. The van der Waals surface area contributed by atoms with Crippen molar-refractivity contribution in [2.75, 3.05) is 18.8 Å². The standard InChI is InChI=1S/C17H22F3NO3S2/c1-12-3-5-14(6-4-12)26(23,24)15-7-9-21(10-8-15)16(22)13(2)11-25-17(18,19)20/h3-6,13,15H,7-11H2,1-2H3. The number of aryl methyl sites for hydroxylation is 1. The van der Waals surface area contributed by atoms with Gasteiger partial charge in [0.15, 0.2) is 9.84 Å². The molecule has 0 aromatic heterocycles. The summed E-state index contributed by atoms with van der Waals surface area (Å²) in [6, 6.07) is 6.65. The molecule has 1 heterocycles. The van der Waals surface area contributed by atoms with Gasteiger partial charge in [0, 0.05) is 24.8 Å². The summed E-state index contributed by atoms with van der Waals surface area (Å²) in [6.45, 7) is 3.83. The number of sulfone groups is 1. The minimum absolute atomic E-state index is 0.206. The second-order valence-corrected chi connectivity index (χ2v) is 9.85. The lowest BCUT2D eigenvalue weighted by Gasteiger charge is -2.33. The van der Waals surface area contributed by atoms with Crippen LogP contribution in [0.5, 0.6) is 0 Å². The molecule has 1 amide bonds. The number of benzene rings is 1. The van der Waals surface area contributed by atoms with E-state index in [0.29, 0.717) is 12.8 Å². The van der Waals surface area contributed by atoms with Crippen molar-refractivity contribution in [3.63, 3.8) is 0 Å². The minimum atomic E-state index is -4.36. The molecule has 0 N–H and O–H groups in total. The number of hydrogen-bond donors (Lipinski definition) is 0. The molecule has 1 aliphatic rings.